The molecule has 0 aliphatic rings. The second-order valence-electron chi connectivity index (χ2n) is 6.47. The molecule has 134 valence electrons. The highest BCUT2D eigenvalue weighted by molar-refractivity contribution is 5.55. The summed E-state index contributed by atoms with van der Waals surface area (Å²) in [7, 11) is 0. The monoisotopic (exact) mass is 350 g/mol. The summed E-state index contributed by atoms with van der Waals surface area (Å²) < 4.78 is 12.9. The van der Waals surface area contributed by atoms with Crippen molar-refractivity contribution in [2.45, 2.75) is 26.2 Å². The first kappa shape index (κ1) is 17.9. The molecule has 1 aromatic heterocycles. The normalized spacial score (nSPS) is 10.8. The van der Waals surface area contributed by atoms with E-state index in [-0.39, 0.29) is 5.82 Å². The molecule has 3 aromatic rings. The van der Waals surface area contributed by atoms with Crippen molar-refractivity contribution in [2.75, 3.05) is 17.2 Å². The first-order valence-corrected chi connectivity index (χ1v) is 8.78. The van der Waals surface area contributed by atoms with E-state index in [4.69, 9.17) is 0 Å². The van der Waals surface area contributed by atoms with Crippen LogP contribution in [0.1, 0.15) is 30.9 Å². The second kappa shape index (κ2) is 8.43. The Morgan fingerprint density at radius 2 is 1.69 bits per heavy atom. The maximum atomic E-state index is 12.9. The molecule has 4 nitrogen and oxygen atoms in total. The van der Waals surface area contributed by atoms with E-state index in [0.29, 0.717) is 18.4 Å². The molecule has 2 N–H and O–H groups in total. The van der Waals surface area contributed by atoms with Gasteiger partial charge in [0.2, 0.25) is 5.95 Å². The molecule has 0 unspecified atom stereocenters. The summed E-state index contributed by atoms with van der Waals surface area (Å²) >= 11 is 0. The molecule has 3 rings (SSSR count). The molecule has 0 bridgehead atoms. The summed E-state index contributed by atoms with van der Waals surface area (Å²) in [5.41, 5.74) is 3.34. The van der Waals surface area contributed by atoms with Crippen LogP contribution in [-0.2, 0) is 6.42 Å². The third-order valence-corrected chi connectivity index (χ3v) is 4.12. The van der Waals surface area contributed by atoms with Gasteiger partial charge >= 0.3 is 0 Å². The summed E-state index contributed by atoms with van der Waals surface area (Å²) in [6.45, 7) is 5.06. The smallest absolute Gasteiger partial charge is 0.229 e. The highest BCUT2D eigenvalue weighted by atomic mass is 19.1. The fourth-order valence-corrected chi connectivity index (χ4v) is 2.58. The van der Waals surface area contributed by atoms with Gasteiger partial charge in [0.15, 0.2) is 0 Å². The van der Waals surface area contributed by atoms with Gasteiger partial charge in [0.05, 0.1) is 0 Å². The van der Waals surface area contributed by atoms with Crippen LogP contribution in [0.4, 0.5) is 21.8 Å². The van der Waals surface area contributed by atoms with E-state index in [1.54, 1.807) is 18.3 Å². The first-order valence-electron chi connectivity index (χ1n) is 8.78. The average molecular weight is 350 g/mol. The number of rotatable bonds is 7. The van der Waals surface area contributed by atoms with Gasteiger partial charge < -0.3 is 10.6 Å². The van der Waals surface area contributed by atoms with Crippen molar-refractivity contribution < 1.29 is 4.39 Å². The van der Waals surface area contributed by atoms with Crippen LogP contribution in [0, 0.1) is 5.82 Å². The van der Waals surface area contributed by atoms with Gasteiger partial charge in [0.25, 0.3) is 0 Å². The van der Waals surface area contributed by atoms with Crippen molar-refractivity contribution in [2.24, 2.45) is 0 Å². The topological polar surface area (TPSA) is 49.8 Å². The van der Waals surface area contributed by atoms with Crippen molar-refractivity contribution in [1.29, 1.82) is 0 Å². The quantitative estimate of drug-likeness (QED) is 0.620. The summed E-state index contributed by atoms with van der Waals surface area (Å²) in [5.74, 6) is 1.60. The Morgan fingerprint density at radius 3 is 2.38 bits per heavy atom. The van der Waals surface area contributed by atoms with E-state index in [2.05, 4.69) is 46.6 Å². The average Bonchev–Trinajstić information content (AvgIpc) is 2.64. The fourth-order valence-electron chi connectivity index (χ4n) is 2.58. The molecule has 26 heavy (non-hydrogen) atoms. The van der Waals surface area contributed by atoms with Crippen LogP contribution in [0.5, 0.6) is 0 Å². The standard InChI is InChI=1S/C21H23FN4/c1-15(2)17-5-9-19(10-6-17)25-21-24-14-12-20(26-21)23-13-11-16-3-7-18(22)8-4-16/h3-10,12,14-15H,11,13H2,1-2H3,(H2,23,24,25,26). The third-order valence-electron chi connectivity index (χ3n) is 4.12. The number of hydrogen-bond acceptors (Lipinski definition) is 4. The minimum Gasteiger partial charge on any atom is -0.370 e. The van der Waals surface area contributed by atoms with E-state index in [9.17, 15) is 4.39 Å². The Morgan fingerprint density at radius 1 is 0.962 bits per heavy atom. The second-order valence-corrected chi connectivity index (χ2v) is 6.47. The molecular weight excluding hydrogens is 327 g/mol. The molecule has 2 aromatic carbocycles. The maximum absolute atomic E-state index is 12.9. The van der Waals surface area contributed by atoms with Crippen LogP contribution in [-0.4, -0.2) is 16.5 Å². The molecule has 0 aliphatic carbocycles. The Balaban J connectivity index is 1.56. The van der Waals surface area contributed by atoms with Crippen LogP contribution in [0.3, 0.4) is 0 Å². The first-order chi connectivity index (χ1) is 12.6. The number of hydrogen-bond donors (Lipinski definition) is 2. The van der Waals surface area contributed by atoms with Crippen LogP contribution in [0.15, 0.2) is 60.8 Å². The van der Waals surface area contributed by atoms with Crippen LogP contribution >= 0.6 is 0 Å². The molecule has 5 heteroatoms. The van der Waals surface area contributed by atoms with E-state index in [1.807, 2.05) is 18.2 Å². The molecule has 0 aliphatic heterocycles. The highest BCUT2D eigenvalue weighted by Crippen LogP contribution is 2.19. The van der Waals surface area contributed by atoms with E-state index in [0.717, 1.165) is 23.5 Å². The SMILES string of the molecule is CC(C)c1ccc(Nc2nccc(NCCc3ccc(F)cc3)n2)cc1. The van der Waals surface area contributed by atoms with Crippen LogP contribution in [0.25, 0.3) is 0 Å². The summed E-state index contributed by atoms with van der Waals surface area (Å²) in [4.78, 5) is 8.74. The fraction of sp³-hybridized carbons (Fsp3) is 0.238. The van der Waals surface area contributed by atoms with Gasteiger partial charge in [0.1, 0.15) is 11.6 Å². The van der Waals surface area contributed by atoms with Crippen molar-refractivity contribution in [3.8, 4) is 0 Å². The molecule has 0 amide bonds. The Kier molecular flexibility index (Phi) is 5.79. The predicted octanol–water partition coefficient (Wildman–Crippen LogP) is 5.14. The number of aromatic nitrogens is 2. The molecule has 0 fully saturated rings. The van der Waals surface area contributed by atoms with Gasteiger partial charge in [-0.25, -0.2) is 9.37 Å². The predicted molar refractivity (Wildman–Crippen MR) is 104 cm³/mol. The zero-order chi connectivity index (χ0) is 18.4. The lowest BCUT2D eigenvalue weighted by atomic mass is 10.0. The molecule has 0 spiro atoms. The number of nitrogens with zero attached hydrogens (tertiary/aromatic N) is 2. The number of anilines is 3. The lowest BCUT2D eigenvalue weighted by Crippen LogP contribution is -2.07. The minimum absolute atomic E-state index is 0.213. The summed E-state index contributed by atoms with van der Waals surface area (Å²) in [6.07, 6.45) is 2.52. The van der Waals surface area contributed by atoms with E-state index < -0.39 is 0 Å². The van der Waals surface area contributed by atoms with Crippen molar-refractivity contribution in [3.63, 3.8) is 0 Å². The van der Waals surface area contributed by atoms with Gasteiger partial charge in [-0.2, -0.15) is 4.98 Å². The largest absolute Gasteiger partial charge is 0.370 e. The zero-order valence-corrected chi connectivity index (χ0v) is 15.0. The van der Waals surface area contributed by atoms with Crippen molar-refractivity contribution in [1.82, 2.24) is 9.97 Å². The van der Waals surface area contributed by atoms with Crippen LogP contribution < -0.4 is 10.6 Å². The Bertz CT molecular complexity index is 829. The third kappa shape index (κ3) is 5.02. The minimum atomic E-state index is -0.213. The zero-order valence-electron chi connectivity index (χ0n) is 15.0. The van der Waals surface area contributed by atoms with Gasteiger partial charge in [-0.1, -0.05) is 38.1 Å². The van der Waals surface area contributed by atoms with Crippen molar-refractivity contribution >= 4 is 17.5 Å². The van der Waals surface area contributed by atoms with Gasteiger partial charge in [0, 0.05) is 18.4 Å². The Hall–Kier alpha value is -2.95. The summed E-state index contributed by atoms with van der Waals surface area (Å²) in [6, 6.07) is 16.7. The molecule has 1 heterocycles. The lowest BCUT2D eigenvalue weighted by Gasteiger charge is -2.10. The maximum Gasteiger partial charge on any atom is 0.229 e. The molecule has 0 atom stereocenters. The van der Waals surface area contributed by atoms with E-state index in [1.165, 1.54) is 17.7 Å². The molecule has 0 saturated carbocycles. The highest BCUT2D eigenvalue weighted by Gasteiger charge is 2.02. The van der Waals surface area contributed by atoms with E-state index >= 15 is 0 Å². The van der Waals surface area contributed by atoms with Gasteiger partial charge in [-0.15, -0.1) is 0 Å². The van der Waals surface area contributed by atoms with Crippen LogP contribution in [0.2, 0.25) is 0 Å². The Labute approximate surface area is 153 Å². The van der Waals surface area contributed by atoms with Gasteiger partial charge in [-0.05, 0) is 53.8 Å². The van der Waals surface area contributed by atoms with Gasteiger partial charge in [-0.3, -0.25) is 0 Å². The lowest BCUT2D eigenvalue weighted by molar-refractivity contribution is 0.627. The number of nitrogens with one attached hydrogen (secondary N) is 2. The van der Waals surface area contributed by atoms with Crippen molar-refractivity contribution in [3.05, 3.63) is 77.7 Å². The summed E-state index contributed by atoms with van der Waals surface area (Å²) in [5, 5.41) is 6.49. The molecular formula is C21H23FN4. The molecule has 0 saturated heterocycles. The molecule has 0 radical (unpaired) electrons. The number of benzene rings is 2. The number of halogens is 1.